The van der Waals surface area contributed by atoms with Crippen molar-refractivity contribution in [2.24, 2.45) is 11.1 Å². The molecule has 0 aliphatic carbocycles. The van der Waals surface area contributed by atoms with Crippen LogP contribution in [0.3, 0.4) is 0 Å². The van der Waals surface area contributed by atoms with Crippen molar-refractivity contribution in [1.82, 2.24) is 4.57 Å². The van der Waals surface area contributed by atoms with E-state index in [1.165, 1.54) is 26.2 Å². The van der Waals surface area contributed by atoms with Gasteiger partial charge < -0.3 is 18.9 Å². The first-order valence-electron chi connectivity index (χ1n) is 15.0. The largest absolute Gasteiger partial charge is 0.513 e. The Morgan fingerprint density at radius 3 is 2.02 bits per heavy atom. The highest BCUT2D eigenvalue weighted by molar-refractivity contribution is 6.46. The molecule has 0 saturated carbocycles. The maximum absolute atomic E-state index is 13.5. The lowest BCUT2D eigenvalue weighted by molar-refractivity contribution is -0.140. The first-order valence-corrected chi connectivity index (χ1v) is 15.0. The number of Topliss-reactive ketones (excluding diaryl/α,β-unsaturated/α-hetero) is 1. The zero-order valence-corrected chi connectivity index (χ0v) is 25.8. The number of carbonyl (C=O) groups is 4. The smallest absolute Gasteiger partial charge is 0.437 e. The lowest BCUT2D eigenvalue weighted by Gasteiger charge is -2.17. The topological polar surface area (TPSA) is 113 Å². The Morgan fingerprint density at radius 1 is 0.841 bits per heavy atom. The molecule has 4 aromatic rings. The molecule has 1 unspecified atom stereocenters. The third-order valence-electron chi connectivity index (χ3n) is 7.74. The van der Waals surface area contributed by atoms with Crippen LogP contribution in [0.1, 0.15) is 86.1 Å². The molecule has 4 rings (SSSR count). The Kier molecular flexibility index (Phi) is 10.7. The first kappa shape index (κ1) is 32.1. The number of ether oxygens (including phenoxy) is 2. The number of aromatic nitrogens is 1. The summed E-state index contributed by atoms with van der Waals surface area (Å²) in [5, 5.41) is 5.47. The van der Waals surface area contributed by atoms with E-state index in [0.29, 0.717) is 29.0 Å². The number of oxime groups is 1. The third-order valence-corrected chi connectivity index (χ3v) is 7.74. The minimum Gasteiger partial charge on any atom is -0.437 e. The lowest BCUT2D eigenvalue weighted by atomic mass is 9.99. The second-order valence-corrected chi connectivity index (χ2v) is 10.7. The number of methoxy groups -OCH3 is 1. The van der Waals surface area contributed by atoms with Gasteiger partial charge in [-0.3, -0.25) is 9.59 Å². The van der Waals surface area contributed by atoms with Crippen molar-refractivity contribution in [2.45, 2.75) is 66.3 Å². The molecule has 44 heavy (non-hydrogen) atoms. The van der Waals surface area contributed by atoms with Crippen LogP contribution in [-0.2, 0) is 20.9 Å². The van der Waals surface area contributed by atoms with E-state index in [2.05, 4.69) is 28.3 Å². The van der Waals surface area contributed by atoms with E-state index in [4.69, 9.17) is 9.57 Å². The standard InChI is InChI=1S/C35H38N2O7/c1-6-9-10-23(7-2)21-37-31-17-13-25(33(39)24-11-15-27(16-12-24)43-35(41)42-5)19-28(31)29-20-26(14-18-32(29)37)34(40)30(8-3)36-44-22(4)38/h11-20,23H,6-10,21H2,1-5H3. The van der Waals surface area contributed by atoms with Crippen molar-refractivity contribution < 1.29 is 33.5 Å². The van der Waals surface area contributed by atoms with Gasteiger partial charge in [0.05, 0.1) is 7.11 Å². The van der Waals surface area contributed by atoms with Gasteiger partial charge in [-0.15, -0.1) is 0 Å². The number of ketones is 2. The summed E-state index contributed by atoms with van der Waals surface area (Å²) in [5.74, 6) is -0.377. The monoisotopic (exact) mass is 598 g/mol. The molecule has 0 bridgehead atoms. The van der Waals surface area contributed by atoms with Crippen LogP contribution in [0.5, 0.6) is 5.75 Å². The fourth-order valence-electron chi connectivity index (χ4n) is 5.29. The predicted octanol–water partition coefficient (Wildman–Crippen LogP) is 7.90. The van der Waals surface area contributed by atoms with Crippen molar-refractivity contribution in [3.8, 4) is 5.75 Å². The van der Waals surface area contributed by atoms with Crippen LogP contribution >= 0.6 is 0 Å². The number of rotatable bonds is 13. The Morgan fingerprint density at radius 2 is 1.45 bits per heavy atom. The van der Waals surface area contributed by atoms with Crippen molar-refractivity contribution in [2.75, 3.05) is 7.11 Å². The Labute approximate surface area is 256 Å². The number of unbranched alkanes of at least 4 members (excludes halogenated alkanes) is 1. The molecule has 9 heteroatoms. The molecule has 0 spiro atoms. The Balaban J connectivity index is 1.80. The maximum atomic E-state index is 13.5. The summed E-state index contributed by atoms with van der Waals surface area (Å²) in [6.07, 6.45) is 3.89. The van der Waals surface area contributed by atoms with Crippen molar-refractivity contribution >= 4 is 51.2 Å². The number of benzene rings is 3. The molecular weight excluding hydrogens is 560 g/mol. The van der Waals surface area contributed by atoms with E-state index in [9.17, 15) is 19.2 Å². The van der Waals surface area contributed by atoms with Crippen LogP contribution in [0, 0.1) is 5.92 Å². The molecule has 0 fully saturated rings. The van der Waals surface area contributed by atoms with Gasteiger partial charge in [-0.05, 0) is 79.4 Å². The minimum absolute atomic E-state index is 0.143. The highest BCUT2D eigenvalue weighted by Gasteiger charge is 2.20. The molecular formula is C35H38N2O7. The average Bonchev–Trinajstić information content (AvgIpc) is 3.34. The minimum atomic E-state index is -0.840. The average molecular weight is 599 g/mol. The van der Waals surface area contributed by atoms with Crippen molar-refractivity contribution in [3.63, 3.8) is 0 Å². The van der Waals surface area contributed by atoms with Gasteiger partial charge in [0, 0.05) is 52.0 Å². The normalized spacial score (nSPS) is 12.2. The van der Waals surface area contributed by atoms with Crippen molar-refractivity contribution in [3.05, 3.63) is 77.4 Å². The Bertz CT molecular complexity index is 1720. The summed E-state index contributed by atoms with van der Waals surface area (Å²) in [6, 6.07) is 17.5. The number of carbonyl (C=O) groups excluding carboxylic acids is 4. The molecule has 0 amide bonds. The highest BCUT2D eigenvalue weighted by atomic mass is 16.7. The second-order valence-electron chi connectivity index (χ2n) is 10.7. The highest BCUT2D eigenvalue weighted by Crippen LogP contribution is 2.33. The molecule has 1 aromatic heterocycles. The quantitative estimate of drug-likeness (QED) is 0.0384. The van der Waals surface area contributed by atoms with E-state index >= 15 is 0 Å². The van der Waals surface area contributed by atoms with Gasteiger partial charge >= 0.3 is 12.1 Å². The van der Waals surface area contributed by atoms with Crippen LogP contribution < -0.4 is 4.74 Å². The molecule has 0 N–H and O–H groups in total. The second kappa shape index (κ2) is 14.6. The first-order chi connectivity index (χ1) is 21.2. The van der Waals surface area contributed by atoms with E-state index in [0.717, 1.165) is 54.0 Å². The fourth-order valence-corrected chi connectivity index (χ4v) is 5.29. The number of hydrogen-bond donors (Lipinski definition) is 0. The predicted molar refractivity (Wildman–Crippen MR) is 169 cm³/mol. The molecule has 1 heterocycles. The van der Waals surface area contributed by atoms with Gasteiger partial charge in [-0.2, -0.15) is 0 Å². The maximum Gasteiger partial charge on any atom is 0.513 e. The van der Waals surface area contributed by atoms with Gasteiger partial charge in [0.1, 0.15) is 11.5 Å². The molecule has 0 saturated heterocycles. The van der Waals surface area contributed by atoms with Gasteiger partial charge in [-0.25, -0.2) is 9.59 Å². The molecule has 9 nitrogen and oxygen atoms in total. The van der Waals surface area contributed by atoms with Crippen LogP contribution in [0.4, 0.5) is 4.79 Å². The summed E-state index contributed by atoms with van der Waals surface area (Å²) in [5.41, 5.74) is 3.42. The SMILES string of the molecule is CCCCC(CC)Cn1c2ccc(C(=O)C(CC)=NOC(C)=O)cc2c2cc(C(=O)c3ccc(OC(=O)OC)cc3)ccc21. The summed E-state index contributed by atoms with van der Waals surface area (Å²) in [7, 11) is 1.22. The van der Waals surface area contributed by atoms with Gasteiger partial charge in [0.2, 0.25) is 5.78 Å². The van der Waals surface area contributed by atoms with Crippen LogP contribution in [0.25, 0.3) is 21.8 Å². The molecule has 1 atom stereocenters. The zero-order valence-electron chi connectivity index (χ0n) is 25.8. The summed E-state index contributed by atoms with van der Waals surface area (Å²) < 4.78 is 11.8. The van der Waals surface area contributed by atoms with E-state index < -0.39 is 12.1 Å². The molecule has 3 aromatic carbocycles. The fraction of sp³-hybridized carbons (Fsp3) is 0.343. The summed E-state index contributed by atoms with van der Waals surface area (Å²) in [6.45, 7) is 8.22. The number of fused-ring (bicyclic) bond motifs is 3. The van der Waals surface area contributed by atoms with E-state index in [1.807, 2.05) is 30.3 Å². The van der Waals surface area contributed by atoms with Gasteiger partial charge in [-0.1, -0.05) is 45.2 Å². The van der Waals surface area contributed by atoms with Crippen LogP contribution in [0.15, 0.2) is 65.8 Å². The van der Waals surface area contributed by atoms with Crippen molar-refractivity contribution in [1.29, 1.82) is 0 Å². The number of nitrogens with zero attached hydrogens (tertiary/aromatic N) is 2. The Hall–Kier alpha value is -4.79. The van der Waals surface area contributed by atoms with E-state index in [1.54, 1.807) is 25.1 Å². The summed E-state index contributed by atoms with van der Waals surface area (Å²) >= 11 is 0. The van der Waals surface area contributed by atoms with Crippen LogP contribution in [-0.4, -0.2) is 41.1 Å². The van der Waals surface area contributed by atoms with E-state index in [-0.39, 0.29) is 23.0 Å². The van der Waals surface area contributed by atoms with Gasteiger partial charge in [0.25, 0.3) is 0 Å². The van der Waals surface area contributed by atoms with Crippen LogP contribution in [0.2, 0.25) is 0 Å². The number of hydrogen-bond acceptors (Lipinski definition) is 8. The lowest BCUT2D eigenvalue weighted by Crippen LogP contribution is -2.15. The van der Waals surface area contributed by atoms with Gasteiger partial charge in [0.15, 0.2) is 5.78 Å². The third kappa shape index (κ3) is 7.22. The molecule has 0 aliphatic heterocycles. The molecule has 0 aliphatic rings. The molecule has 230 valence electrons. The molecule has 0 radical (unpaired) electrons. The summed E-state index contributed by atoms with van der Waals surface area (Å²) in [4.78, 5) is 54.4. The zero-order chi connectivity index (χ0) is 31.8.